The van der Waals surface area contributed by atoms with Crippen LogP contribution >= 0.6 is 0 Å². The van der Waals surface area contributed by atoms with Gasteiger partial charge in [-0.3, -0.25) is 4.79 Å². The Morgan fingerprint density at radius 1 is 0.947 bits per heavy atom. The number of aryl methyl sites for hydroxylation is 1. The van der Waals surface area contributed by atoms with Gasteiger partial charge in [-0.15, -0.1) is 0 Å². The maximum Gasteiger partial charge on any atom is 0.257 e. The quantitative estimate of drug-likeness (QED) is 0.273. The number of carbonyl (C=O) groups excluding carboxylic acids is 1. The number of aromatic nitrogens is 4. The van der Waals surface area contributed by atoms with Crippen molar-refractivity contribution in [2.45, 2.75) is 33.1 Å². The fraction of sp³-hybridized carbons (Fsp3) is 0.200. The van der Waals surface area contributed by atoms with Gasteiger partial charge >= 0.3 is 0 Å². The summed E-state index contributed by atoms with van der Waals surface area (Å²) >= 11 is 0. The third kappa shape index (κ3) is 5.20. The van der Waals surface area contributed by atoms with Gasteiger partial charge in [0.05, 0.1) is 11.4 Å². The minimum atomic E-state index is -0.215. The van der Waals surface area contributed by atoms with E-state index in [9.17, 15) is 4.79 Å². The second-order valence-corrected chi connectivity index (χ2v) is 10.2. The molecular formula is C30H30N6O2. The zero-order valence-electron chi connectivity index (χ0n) is 22.1. The predicted molar refractivity (Wildman–Crippen MR) is 151 cm³/mol. The molecule has 38 heavy (non-hydrogen) atoms. The average Bonchev–Trinajstić information content (AvgIpc) is 3.33. The van der Waals surface area contributed by atoms with Gasteiger partial charge in [-0.05, 0) is 59.7 Å². The predicted octanol–water partition coefficient (Wildman–Crippen LogP) is 6.51. The van der Waals surface area contributed by atoms with Gasteiger partial charge in [-0.2, -0.15) is 5.10 Å². The van der Waals surface area contributed by atoms with E-state index >= 15 is 0 Å². The molecule has 3 aromatic carbocycles. The number of benzene rings is 3. The topological polar surface area (TPSA) is 94.0 Å². The molecule has 0 spiro atoms. The molecule has 0 atom stereocenters. The van der Waals surface area contributed by atoms with E-state index in [-0.39, 0.29) is 11.3 Å². The van der Waals surface area contributed by atoms with Crippen molar-refractivity contribution >= 4 is 28.3 Å². The van der Waals surface area contributed by atoms with Crippen LogP contribution in [0, 0.1) is 6.92 Å². The molecule has 0 fully saturated rings. The van der Waals surface area contributed by atoms with Gasteiger partial charge in [0.15, 0.2) is 0 Å². The molecule has 2 N–H and O–H groups in total. The van der Waals surface area contributed by atoms with Crippen molar-refractivity contribution in [2.24, 2.45) is 0 Å². The van der Waals surface area contributed by atoms with Crippen molar-refractivity contribution in [2.75, 3.05) is 17.7 Å². The summed E-state index contributed by atoms with van der Waals surface area (Å²) in [6.45, 7) is 8.35. The van der Waals surface area contributed by atoms with Gasteiger partial charge in [0.2, 0.25) is 5.88 Å². The van der Waals surface area contributed by atoms with Crippen LogP contribution in [0.4, 0.5) is 11.6 Å². The van der Waals surface area contributed by atoms with Crippen LogP contribution in [0.5, 0.6) is 11.6 Å². The number of amides is 1. The summed E-state index contributed by atoms with van der Waals surface area (Å²) in [7, 11) is 1.78. The van der Waals surface area contributed by atoms with Gasteiger partial charge in [0.25, 0.3) is 5.91 Å². The second kappa shape index (κ2) is 9.97. The van der Waals surface area contributed by atoms with Gasteiger partial charge in [-0.25, -0.2) is 14.6 Å². The Hall–Kier alpha value is -4.72. The maximum absolute atomic E-state index is 13.6. The van der Waals surface area contributed by atoms with Gasteiger partial charge in [0.1, 0.15) is 23.7 Å². The average molecular weight is 507 g/mol. The third-order valence-corrected chi connectivity index (χ3v) is 6.18. The summed E-state index contributed by atoms with van der Waals surface area (Å²) in [5.74, 6) is 2.11. The molecule has 0 aliphatic carbocycles. The highest BCUT2D eigenvalue weighted by Gasteiger charge is 2.22. The summed E-state index contributed by atoms with van der Waals surface area (Å²) < 4.78 is 7.73. The number of ether oxygens (including phenoxy) is 1. The molecular weight excluding hydrogens is 476 g/mol. The van der Waals surface area contributed by atoms with E-state index in [1.165, 1.54) is 6.33 Å². The summed E-state index contributed by atoms with van der Waals surface area (Å²) in [4.78, 5) is 21.9. The van der Waals surface area contributed by atoms with Crippen molar-refractivity contribution in [3.63, 3.8) is 0 Å². The minimum Gasteiger partial charge on any atom is -0.439 e. The number of hydrogen-bond acceptors (Lipinski definition) is 6. The molecule has 0 saturated heterocycles. The van der Waals surface area contributed by atoms with Crippen molar-refractivity contribution in [1.82, 2.24) is 19.7 Å². The van der Waals surface area contributed by atoms with Gasteiger partial charge in [-0.1, -0.05) is 45.0 Å². The monoisotopic (exact) mass is 506 g/mol. The highest BCUT2D eigenvalue weighted by atomic mass is 16.5. The Bertz CT molecular complexity index is 1630. The normalized spacial score (nSPS) is 11.4. The third-order valence-electron chi connectivity index (χ3n) is 6.18. The zero-order chi connectivity index (χ0) is 26.9. The van der Waals surface area contributed by atoms with Crippen molar-refractivity contribution in [3.05, 3.63) is 95.9 Å². The lowest BCUT2D eigenvalue weighted by Gasteiger charge is -2.14. The van der Waals surface area contributed by atoms with Crippen LogP contribution in [0.2, 0.25) is 0 Å². The van der Waals surface area contributed by atoms with Gasteiger partial charge in [0, 0.05) is 30.2 Å². The van der Waals surface area contributed by atoms with Crippen LogP contribution in [0.3, 0.4) is 0 Å². The molecule has 0 aliphatic heterocycles. The lowest BCUT2D eigenvalue weighted by atomic mass is 9.92. The molecule has 1 amide bonds. The van der Waals surface area contributed by atoms with E-state index in [2.05, 4.69) is 41.4 Å². The summed E-state index contributed by atoms with van der Waals surface area (Å²) in [6.07, 6.45) is 1.44. The Morgan fingerprint density at radius 3 is 2.53 bits per heavy atom. The van der Waals surface area contributed by atoms with E-state index < -0.39 is 0 Å². The highest BCUT2D eigenvalue weighted by molar-refractivity contribution is 6.13. The maximum atomic E-state index is 13.6. The SMILES string of the molecule is CNc1cc(Oc2ccc3c(C(=O)Nc4cc(C(C)(C)C)nn4-c4cccc(C)c4)cccc3c2)ncn1. The van der Waals surface area contributed by atoms with Crippen LogP contribution in [0.1, 0.15) is 42.4 Å². The van der Waals surface area contributed by atoms with E-state index in [1.807, 2.05) is 73.7 Å². The highest BCUT2D eigenvalue weighted by Crippen LogP contribution is 2.30. The number of nitrogens with one attached hydrogen (secondary N) is 2. The zero-order valence-corrected chi connectivity index (χ0v) is 22.1. The smallest absolute Gasteiger partial charge is 0.257 e. The number of carbonyl (C=O) groups is 1. The molecule has 0 radical (unpaired) electrons. The lowest BCUT2D eigenvalue weighted by molar-refractivity contribution is 0.102. The van der Waals surface area contributed by atoms with Crippen LogP contribution in [0.15, 0.2) is 79.1 Å². The molecule has 0 unspecified atom stereocenters. The molecule has 192 valence electrons. The molecule has 2 heterocycles. The largest absolute Gasteiger partial charge is 0.439 e. The Morgan fingerprint density at radius 2 is 1.76 bits per heavy atom. The molecule has 5 rings (SSSR count). The van der Waals surface area contributed by atoms with E-state index in [4.69, 9.17) is 9.84 Å². The standard InChI is InChI=1S/C30H30N6O2/c1-19-8-6-10-21(14-19)36-27(16-25(35-36)30(2,3)4)34-29(37)24-11-7-9-20-15-22(12-13-23(20)24)38-28-17-26(31-5)32-18-33-28/h6-18H,1-5H3,(H,34,37)(H,31,32,33). The lowest BCUT2D eigenvalue weighted by Crippen LogP contribution is -2.15. The minimum absolute atomic E-state index is 0.179. The van der Waals surface area contributed by atoms with Crippen LogP contribution < -0.4 is 15.4 Å². The fourth-order valence-corrected chi connectivity index (χ4v) is 4.15. The number of nitrogens with zero attached hydrogens (tertiary/aromatic N) is 4. The molecule has 0 aliphatic rings. The Kier molecular flexibility index (Phi) is 6.55. The van der Waals surface area contributed by atoms with Crippen molar-refractivity contribution in [3.8, 4) is 17.3 Å². The first-order valence-corrected chi connectivity index (χ1v) is 12.4. The Balaban J connectivity index is 1.46. The van der Waals surface area contributed by atoms with Crippen LogP contribution in [-0.2, 0) is 5.41 Å². The molecule has 0 bridgehead atoms. The molecule has 0 saturated carbocycles. The fourth-order valence-electron chi connectivity index (χ4n) is 4.15. The van der Waals surface area contributed by atoms with Crippen LogP contribution in [0.25, 0.3) is 16.5 Å². The van der Waals surface area contributed by atoms with E-state index in [0.29, 0.717) is 28.8 Å². The molecule has 8 heteroatoms. The molecule has 8 nitrogen and oxygen atoms in total. The van der Waals surface area contributed by atoms with Crippen molar-refractivity contribution in [1.29, 1.82) is 0 Å². The summed E-state index contributed by atoms with van der Waals surface area (Å²) in [6, 6.07) is 23.0. The van der Waals surface area contributed by atoms with E-state index in [1.54, 1.807) is 17.8 Å². The van der Waals surface area contributed by atoms with Gasteiger partial charge < -0.3 is 15.4 Å². The first kappa shape index (κ1) is 25.0. The number of hydrogen-bond donors (Lipinski definition) is 2. The summed E-state index contributed by atoms with van der Waals surface area (Å²) in [5.41, 5.74) is 3.27. The number of anilines is 2. The van der Waals surface area contributed by atoms with Crippen molar-refractivity contribution < 1.29 is 9.53 Å². The van der Waals surface area contributed by atoms with Crippen LogP contribution in [-0.4, -0.2) is 32.7 Å². The number of rotatable bonds is 6. The summed E-state index contributed by atoms with van der Waals surface area (Å²) in [5, 5.41) is 12.6. The first-order chi connectivity index (χ1) is 18.2. The molecule has 5 aromatic rings. The second-order valence-electron chi connectivity index (χ2n) is 10.2. The molecule has 2 aromatic heterocycles. The Labute approximate surface area is 221 Å². The van der Waals surface area contributed by atoms with E-state index in [0.717, 1.165) is 27.7 Å². The number of fused-ring (bicyclic) bond motifs is 1. The first-order valence-electron chi connectivity index (χ1n) is 12.4.